The Morgan fingerprint density at radius 3 is 2.75 bits per heavy atom. The molecule has 0 radical (unpaired) electrons. The number of hydrogen-bond donors (Lipinski definition) is 1. The van der Waals surface area contributed by atoms with Crippen LogP contribution < -0.4 is 5.32 Å². The van der Waals surface area contributed by atoms with Crippen LogP contribution >= 0.6 is 11.3 Å². The first-order chi connectivity index (χ1) is 7.86. The topological polar surface area (TPSA) is 24.9 Å². The Bertz CT molecular complexity index is 473. The Labute approximate surface area is 99.7 Å². The lowest BCUT2D eigenvalue weighted by atomic mass is 9.92. The van der Waals surface area contributed by atoms with E-state index < -0.39 is 0 Å². The van der Waals surface area contributed by atoms with Crippen LogP contribution in [0.5, 0.6) is 0 Å². The third kappa shape index (κ3) is 1.69. The summed E-state index contributed by atoms with van der Waals surface area (Å²) in [5.74, 6) is 0. The smallest absolute Gasteiger partial charge is 0.183 e. The van der Waals surface area contributed by atoms with Gasteiger partial charge in [0.25, 0.3) is 0 Å². The van der Waals surface area contributed by atoms with E-state index in [9.17, 15) is 0 Å². The van der Waals surface area contributed by atoms with Crippen LogP contribution in [0, 0.1) is 0 Å². The van der Waals surface area contributed by atoms with Crippen LogP contribution in [-0.4, -0.2) is 11.5 Å². The number of nitrogens with one attached hydrogen (secondary N) is 1. The van der Waals surface area contributed by atoms with Gasteiger partial charge < -0.3 is 5.32 Å². The van der Waals surface area contributed by atoms with Crippen LogP contribution in [0.1, 0.15) is 30.9 Å². The van der Waals surface area contributed by atoms with Gasteiger partial charge in [-0.1, -0.05) is 11.3 Å². The quantitative estimate of drug-likeness (QED) is 0.855. The average molecular weight is 232 g/mol. The molecule has 3 heteroatoms. The van der Waals surface area contributed by atoms with E-state index in [2.05, 4.69) is 29.4 Å². The fourth-order valence-corrected chi connectivity index (χ4v) is 3.36. The molecule has 2 aromatic rings. The lowest BCUT2D eigenvalue weighted by Crippen LogP contribution is -2.01. The first-order valence-electron chi connectivity index (χ1n) is 6.03. The maximum Gasteiger partial charge on any atom is 0.183 e. The number of aromatic nitrogens is 1. The molecular weight excluding hydrogens is 216 g/mol. The number of benzene rings is 1. The van der Waals surface area contributed by atoms with E-state index >= 15 is 0 Å². The Morgan fingerprint density at radius 1 is 1.25 bits per heavy atom. The summed E-state index contributed by atoms with van der Waals surface area (Å²) in [4.78, 5) is 4.62. The second-order valence-electron chi connectivity index (χ2n) is 4.35. The average Bonchev–Trinajstić information content (AvgIpc) is 2.67. The van der Waals surface area contributed by atoms with Crippen LogP contribution in [0.15, 0.2) is 12.1 Å². The monoisotopic (exact) mass is 232 g/mol. The molecule has 0 saturated heterocycles. The summed E-state index contributed by atoms with van der Waals surface area (Å²) in [6.07, 6.45) is 5.17. The highest BCUT2D eigenvalue weighted by Crippen LogP contribution is 2.31. The lowest BCUT2D eigenvalue weighted by Gasteiger charge is -2.14. The number of anilines is 1. The molecule has 1 heterocycles. The van der Waals surface area contributed by atoms with Crippen LogP contribution in [-0.2, 0) is 12.8 Å². The van der Waals surface area contributed by atoms with Gasteiger partial charge in [-0.3, -0.25) is 0 Å². The molecule has 1 aromatic carbocycles. The highest BCUT2D eigenvalue weighted by Gasteiger charge is 2.12. The van der Waals surface area contributed by atoms with Gasteiger partial charge in [-0.15, -0.1) is 0 Å². The first-order valence-corrected chi connectivity index (χ1v) is 6.84. The zero-order chi connectivity index (χ0) is 11.0. The van der Waals surface area contributed by atoms with Crippen molar-refractivity contribution in [1.82, 2.24) is 4.98 Å². The number of hydrogen-bond acceptors (Lipinski definition) is 3. The molecule has 0 aliphatic heterocycles. The molecule has 84 valence electrons. The van der Waals surface area contributed by atoms with Crippen LogP contribution in [0.2, 0.25) is 0 Å². The minimum absolute atomic E-state index is 0.944. The third-order valence-electron chi connectivity index (χ3n) is 3.18. The molecule has 1 N–H and O–H groups in total. The van der Waals surface area contributed by atoms with E-state index in [1.165, 1.54) is 41.5 Å². The minimum Gasteiger partial charge on any atom is -0.362 e. The van der Waals surface area contributed by atoms with Crippen molar-refractivity contribution in [2.24, 2.45) is 0 Å². The van der Waals surface area contributed by atoms with E-state index in [1.54, 1.807) is 16.9 Å². The van der Waals surface area contributed by atoms with Gasteiger partial charge in [0.1, 0.15) is 0 Å². The molecule has 0 bridgehead atoms. The standard InChI is InChI=1S/C13H16N2S/c1-2-14-13-15-11-7-9-5-3-4-6-10(9)8-12(11)16-13/h7-8H,2-6H2,1H3,(H,14,15). The summed E-state index contributed by atoms with van der Waals surface area (Å²) >= 11 is 1.77. The summed E-state index contributed by atoms with van der Waals surface area (Å²) in [6.45, 7) is 3.05. The van der Waals surface area contributed by atoms with Crippen molar-refractivity contribution >= 4 is 26.7 Å². The van der Waals surface area contributed by atoms with Crippen molar-refractivity contribution in [3.05, 3.63) is 23.3 Å². The molecule has 2 nitrogen and oxygen atoms in total. The lowest BCUT2D eigenvalue weighted by molar-refractivity contribution is 0.687. The molecular formula is C13H16N2S. The van der Waals surface area contributed by atoms with Crippen LogP contribution in [0.4, 0.5) is 5.13 Å². The van der Waals surface area contributed by atoms with Crippen molar-refractivity contribution in [3.63, 3.8) is 0 Å². The maximum atomic E-state index is 4.62. The van der Waals surface area contributed by atoms with Crippen molar-refractivity contribution in [2.75, 3.05) is 11.9 Å². The van der Waals surface area contributed by atoms with Crippen molar-refractivity contribution < 1.29 is 0 Å². The summed E-state index contributed by atoms with van der Waals surface area (Å²) < 4.78 is 1.33. The summed E-state index contributed by atoms with van der Waals surface area (Å²) in [5, 5.41) is 4.35. The molecule has 1 aromatic heterocycles. The van der Waals surface area contributed by atoms with Gasteiger partial charge in [0, 0.05) is 6.54 Å². The molecule has 0 atom stereocenters. The number of aryl methyl sites for hydroxylation is 2. The first kappa shape index (κ1) is 10.1. The number of nitrogens with zero attached hydrogens (tertiary/aromatic N) is 1. The van der Waals surface area contributed by atoms with Gasteiger partial charge in [0.15, 0.2) is 5.13 Å². The summed E-state index contributed by atoms with van der Waals surface area (Å²) in [5.41, 5.74) is 4.24. The molecule has 0 spiro atoms. The van der Waals surface area contributed by atoms with Gasteiger partial charge in [-0.25, -0.2) is 4.98 Å². The Hall–Kier alpha value is -1.09. The highest BCUT2D eigenvalue weighted by molar-refractivity contribution is 7.22. The zero-order valence-corrected chi connectivity index (χ0v) is 10.4. The maximum absolute atomic E-state index is 4.62. The van der Waals surface area contributed by atoms with Crippen LogP contribution in [0.3, 0.4) is 0 Å². The van der Waals surface area contributed by atoms with E-state index in [0.717, 1.165) is 11.7 Å². The number of thiazole rings is 1. The molecule has 1 aliphatic rings. The van der Waals surface area contributed by atoms with Gasteiger partial charge in [0.2, 0.25) is 0 Å². The predicted molar refractivity (Wildman–Crippen MR) is 70.4 cm³/mol. The summed E-state index contributed by atoms with van der Waals surface area (Å²) in [7, 11) is 0. The van der Waals surface area contributed by atoms with Gasteiger partial charge in [0.05, 0.1) is 10.2 Å². The van der Waals surface area contributed by atoms with Crippen molar-refractivity contribution in [1.29, 1.82) is 0 Å². The molecule has 0 fully saturated rings. The predicted octanol–water partition coefficient (Wildman–Crippen LogP) is 3.61. The van der Waals surface area contributed by atoms with E-state index in [-0.39, 0.29) is 0 Å². The largest absolute Gasteiger partial charge is 0.362 e. The fraction of sp³-hybridized carbons (Fsp3) is 0.462. The summed E-state index contributed by atoms with van der Waals surface area (Å²) in [6, 6.07) is 4.64. The minimum atomic E-state index is 0.944. The van der Waals surface area contributed by atoms with Crippen molar-refractivity contribution in [3.8, 4) is 0 Å². The van der Waals surface area contributed by atoms with Crippen LogP contribution in [0.25, 0.3) is 10.2 Å². The second-order valence-corrected chi connectivity index (χ2v) is 5.38. The van der Waals surface area contributed by atoms with E-state index in [4.69, 9.17) is 0 Å². The van der Waals surface area contributed by atoms with Crippen molar-refractivity contribution in [2.45, 2.75) is 32.6 Å². The van der Waals surface area contributed by atoms with Gasteiger partial charge in [-0.05, 0) is 55.9 Å². The second kappa shape index (κ2) is 4.06. The van der Waals surface area contributed by atoms with E-state index in [0.29, 0.717) is 0 Å². The van der Waals surface area contributed by atoms with Gasteiger partial charge in [-0.2, -0.15) is 0 Å². The van der Waals surface area contributed by atoms with E-state index in [1.807, 2.05) is 0 Å². The molecule has 1 aliphatic carbocycles. The number of rotatable bonds is 2. The SMILES string of the molecule is CCNc1nc2cc3c(cc2s1)CCCC3. The molecule has 0 unspecified atom stereocenters. The normalized spacial score (nSPS) is 15.1. The molecule has 0 saturated carbocycles. The third-order valence-corrected chi connectivity index (χ3v) is 4.16. The molecule has 0 amide bonds. The number of fused-ring (bicyclic) bond motifs is 2. The Morgan fingerprint density at radius 2 is 2.00 bits per heavy atom. The fourth-order valence-electron chi connectivity index (χ4n) is 2.38. The zero-order valence-electron chi connectivity index (χ0n) is 9.55. The Balaban J connectivity index is 2.09. The van der Waals surface area contributed by atoms with Gasteiger partial charge >= 0.3 is 0 Å². The Kier molecular flexibility index (Phi) is 2.56. The highest BCUT2D eigenvalue weighted by atomic mass is 32.1. The molecule has 3 rings (SSSR count). The molecule has 16 heavy (non-hydrogen) atoms.